The van der Waals surface area contributed by atoms with Crippen LogP contribution in [-0.4, -0.2) is 110 Å². The van der Waals surface area contributed by atoms with E-state index in [2.05, 4.69) is 48.6 Å². The summed E-state index contributed by atoms with van der Waals surface area (Å²) in [5.41, 5.74) is 24.4. The summed E-state index contributed by atoms with van der Waals surface area (Å²) in [4.78, 5) is 68.6. The molecule has 2 amide bonds. The number of aromatic amines is 3. The molecule has 15 rings (SSSR count). The molecule has 2 unspecified atom stereocenters. The van der Waals surface area contributed by atoms with Crippen LogP contribution in [-0.2, 0) is 9.59 Å². The van der Waals surface area contributed by atoms with E-state index in [1.807, 2.05) is 208 Å². The van der Waals surface area contributed by atoms with Gasteiger partial charge in [0.25, 0.3) is 22.6 Å². The smallest absolute Gasteiger partial charge is 0.298 e. The lowest BCUT2D eigenvalue weighted by Crippen LogP contribution is -2.40. The Balaban J connectivity index is 0.000000136. The van der Waals surface area contributed by atoms with Crippen LogP contribution in [0, 0.1) is 23.3 Å². The second-order valence-corrected chi connectivity index (χ2v) is 24.9. The van der Waals surface area contributed by atoms with Crippen molar-refractivity contribution in [3.63, 3.8) is 0 Å². The van der Waals surface area contributed by atoms with Gasteiger partial charge in [0.05, 0.1) is 34.3 Å². The average Bonchev–Trinajstić information content (AvgIpc) is 1.63. The minimum atomic E-state index is -0.318. The van der Waals surface area contributed by atoms with Crippen molar-refractivity contribution in [2.75, 3.05) is 56.5 Å². The number of nitrogens with two attached hydrogens (primary N) is 3. The van der Waals surface area contributed by atoms with Gasteiger partial charge in [0.15, 0.2) is 23.6 Å². The molecule has 12 aromatic rings. The highest BCUT2D eigenvalue weighted by Crippen LogP contribution is 2.41. The van der Waals surface area contributed by atoms with E-state index in [9.17, 15) is 29.2 Å². The highest BCUT2D eigenvalue weighted by molar-refractivity contribution is 6.04. The van der Waals surface area contributed by atoms with Crippen LogP contribution < -0.4 is 48.1 Å². The van der Waals surface area contributed by atoms with Crippen molar-refractivity contribution < 1.29 is 23.8 Å². The van der Waals surface area contributed by atoms with Gasteiger partial charge in [-0.15, -0.1) is 0 Å². The second kappa shape index (κ2) is 29.9. The third-order valence-corrected chi connectivity index (χ3v) is 18.5. The third kappa shape index (κ3) is 14.5. The number of nitriles is 1. The lowest BCUT2D eigenvalue weighted by molar-refractivity contribution is -0.132. The molecule has 3 saturated heterocycles. The van der Waals surface area contributed by atoms with Crippen molar-refractivity contribution in [1.82, 2.24) is 59.0 Å². The van der Waals surface area contributed by atoms with E-state index in [-0.39, 0.29) is 64.1 Å². The quantitative estimate of drug-likeness (QED) is 0.0461. The molecule has 101 heavy (non-hydrogen) atoms. The number of anilines is 3. The number of aromatic nitrogens is 9. The SMILES string of the molecule is CC#CC(=O)N1CCCC(n2cc(-c3ccc(Oc4ccccc4)cc3)c3c(N)n[nH]c(=O)c32)C1.CCC(=O)N1CCCC(n2cc(-c3ccc(Oc4ccccc4)cc3)c3c(N)n[nH]c(=O)c32)C1.N#CN1CCC[C@@H](n2cc(-c3ccc(Oc4ccccc4)cc3)c3c(N)n[nH]c(=O)c32)C1. The van der Waals surface area contributed by atoms with Crippen molar-refractivity contribution in [3.8, 4) is 85.9 Å². The molecular weight excluding hydrogens is 1280 g/mol. The lowest BCUT2D eigenvalue weighted by Gasteiger charge is -2.33. The monoisotopic (exact) mass is 1350 g/mol. The highest BCUT2D eigenvalue weighted by Gasteiger charge is 2.31. The largest absolute Gasteiger partial charge is 0.457 e. The van der Waals surface area contributed by atoms with E-state index in [1.54, 1.807) is 16.7 Å². The van der Waals surface area contributed by atoms with Gasteiger partial charge in [-0.3, -0.25) is 24.0 Å². The van der Waals surface area contributed by atoms with Gasteiger partial charge in [-0.25, -0.2) is 15.3 Å². The average molecular weight is 1350 g/mol. The number of carbonyl (C=O) groups excluding carboxylic acids is 2. The number of para-hydroxylation sites is 3. The van der Waals surface area contributed by atoms with Gasteiger partial charge in [-0.05, 0) is 141 Å². The number of nitrogens with one attached hydrogen (secondary N) is 3. The van der Waals surface area contributed by atoms with Gasteiger partial charge in [0.2, 0.25) is 5.91 Å². The molecule has 24 nitrogen and oxygen atoms in total. The first-order valence-corrected chi connectivity index (χ1v) is 33.5. The van der Waals surface area contributed by atoms with Crippen molar-refractivity contribution in [2.24, 2.45) is 0 Å². The third-order valence-electron chi connectivity index (χ3n) is 18.5. The van der Waals surface area contributed by atoms with E-state index in [0.717, 1.165) is 102 Å². The van der Waals surface area contributed by atoms with E-state index in [0.29, 0.717) is 82.6 Å². The van der Waals surface area contributed by atoms with Crippen LogP contribution in [0.2, 0.25) is 0 Å². The first kappa shape index (κ1) is 66.8. The highest BCUT2D eigenvalue weighted by atomic mass is 16.5. The van der Waals surface area contributed by atoms with Crippen molar-refractivity contribution in [2.45, 2.75) is 76.9 Å². The first-order valence-electron chi connectivity index (χ1n) is 33.5. The number of H-pyrrole nitrogens is 3. The summed E-state index contributed by atoms with van der Waals surface area (Å²) in [6, 6.07) is 51.6. The van der Waals surface area contributed by atoms with Crippen molar-refractivity contribution in [3.05, 3.63) is 213 Å². The molecule has 510 valence electrons. The number of hydrogen-bond acceptors (Lipinski definition) is 16. The van der Waals surface area contributed by atoms with Crippen LogP contribution >= 0.6 is 0 Å². The maximum Gasteiger partial charge on any atom is 0.298 e. The van der Waals surface area contributed by atoms with Crippen LogP contribution in [0.1, 0.15) is 76.9 Å². The van der Waals surface area contributed by atoms with Gasteiger partial charge in [-0.2, -0.15) is 20.6 Å². The maximum absolute atomic E-state index is 12.9. The fourth-order valence-corrected chi connectivity index (χ4v) is 13.7. The summed E-state index contributed by atoms with van der Waals surface area (Å²) < 4.78 is 23.6. The molecular formula is C77H74N16O8. The summed E-state index contributed by atoms with van der Waals surface area (Å²) in [6.07, 6.45) is 13.7. The normalized spacial score (nSPS) is 15.9. The Morgan fingerprint density at radius 3 is 1.15 bits per heavy atom. The maximum atomic E-state index is 12.9. The fourth-order valence-electron chi connectivity index (χ4n) is 13.7. The predicted molar refractivity (Wildman–Crippen MR) is 389 cm³/mol. The Bertz CT molecular complexity index is 5270. The van der Waals surface area contributed by atoms with Crippen molar-refractivity contribution >= 4 is 62.0 Å². The standard InChI is InChI=1S/C27H25N5O3.C26H27N5O3.C24H22N6O2/c1-2-7-23(33)31-15-6-8-19(16-31)32-17-22(24-25(32)27(34)30-29-26(24)28)18-11-13-21(14-12-18)35-20-9-4-3-5-10-20;1-2-22(32)30-14-6-7-18(15-30)31-16-21(23-24(31)26(33)29-28-25(23)27)17-10-12-20(13-11-17)34-19-8-4-3-5-9-19;25-15-29-12-4-5-17(13-29)30-14-20(21-22(30)24(31)28-27-23(21)26)16-8-10-19(11-9-16)32-18-6-2-1-3-7-18/h3-5,9-14,17,19H,6,8,15-16H2,1H3,(H2,28,29)(H,30,34);3-5,8-13,16,18H,2,6-7,14-15H2,1H3,(H2,27,28)(H,29,33);1-3,6-11,14,17H,4-5,12-13H2,(H2,26,27)(H,28,31)/t;;17-/m..1/s1. The van der Waals surface area contributed by atoms with Crippen LogP contribution in [0.5, 0.6) is 34.5 Å². The number of likely N-dealkylation sites (tertiary alicyclic amines) is 3. The molecule has 6 aromatic heterocycles. The second-order valence-electron chi connectivity index (χ2n) is 24.9. The molecule has 0 bridgehead atoms. The Labute approximate surface area is 580 Å². The molecule has 3 aliphatic rings. The van der Waals surface area contributed by atoms with Crippen molar-refractivity contribution in [1.29, 1.82) is 5.26 Å². The van der Waals surface area contributed by atoms with Crippen LogP contribution in [0.3, 0.4) is 0 Å². The van der Waals surface area contributed by atoms with Crippen LogP contribution in [0.15, 0.2) is 197 Å². The van der Waals surface area contributed by atoms with E-state index in [1.165, 1.54) is 0 Å². The topological polar surface area (TPSA) is 325 Å². The molecule has 24 heteroatoms. The van der Waals surface area contributed by atoms with Gasteiger partial charge in [0, 0.05) is 81.0 Å². The number of fused-ring (bicyclic) bond motifs is 3. The summed E-state index contributed by atoms with van der Waals surface area (Å²) in [7, 11) is 0. The van der Waals surface area contributed by atoms with Gasteiger partial charge < -0.3 is 59.8 Å². The summed E-state index contributed by atoms with van der Waals surface area (Å²) in [5.74, 6) is 10.4. The summed E-state index contributed by atoms with van der Waals surface area (Å²) in [6.45, 7) is 7.27. The molecule has 6 aromatic carbocycles. The van der Waals surface area contributed by atoms with Crippen LogP contribution in [0.4, 0.5) is 17.5 Å². The number of nitrogens with zero attached hydrogens (tertiary/aromatic N) is 10. The Morgan fingerprint density at radius 1 is 0.475 bits per heavy atom. The Morgan fingerprint density at radius 2 is 0.802 bits per heavy atom. The minimum Gasteiger partial charge on any atom is -0.457 e. The minimum absolute atomic E-state index is 0.00300. The molecule has 0 aliphatic carbocycles. The van der Waals surface area contributed by atoms with E-state index >= 15 is 0 Å². The molecule has 0 spiro atoms. The number of ether oxygens (including phenoxy) is 3. The number of amides is 2. The predicted octanol–water partition coefficient (Wildman–Crippen LogP) is 12.2. The molecule has 3 aliphatic heterocycles. The molecule has 0 radical (unpaired) electrons. The van der Waals surface area contributed by atoms with E-state index < -0.39 is 0 Å². The molecule has 0 saturated carbocycles. The molecule has 9 N–H and O–H groups in total. The number of rotatable bonds is 13. The number of piperidine rings is 3. The zero-order valence-electron chi connectivity index (χ0n) is 55.7. The lowest BCUT2D eigenvalue weighted by atomic mass is 10.0. The Kier molecular flexibility index (Phi) is 19.8. The number of carbonyl (C=O) groups is 2. The Hall–Kier alpha value is -12.8. The number of nitrogen functional groups attached to an aromatic ring is 3. The first-order chi connectivity index (χ1) is 49.2. The number of benzene rings is 6. The molecule has 3 fully saturated rings. The molecule has 3 atom stereocenters. The van der Waals surface area contributed by atoms with Gasteiger partial charge in [-0.1, -0.05) is 104 Å². The van der Waals surface area contributed by atoms with Crippen LogP contribution in [0.25, 0.3) is 66.1 Å². The zero-order chi connectivity index (χ0) is 70.1. The van der Waals surface area contributed by atoms with E-state index in [4.69, 9.17) is 31.4 Å². The molecule has 9 heterocycles. The fraction of sp³-hybridized carbons (Fsp3) is 0.234. The van der Waals surface area contributed by atoms with Gasteiger partial charge >= 0.3 is 0 Å². The summed E-state index contributed by atoms with van der Waals surface area (Å²) in [5, 5.41) is 30.7. The van der Waals surface area contributed by atoms with Gasteiger partial charge in [0.1, 0.15) is 51.0 Å². The summed E-state index contributed by atoms with van der Waals surface area (Å²) >= 11 is 0. The zero-order valence-corrected chi connectivity index (χ0v) is 55.7. The number of hydrogen-bond donors (Lipinski definition) is 6.